The highest BCUT2D eigenvalue weighted by Gasteiger charge is 2.28. The molecule has 8 heteroatoms. The van der Waals surface area contributed by atoms with Crippen molar-refractivity contribution in [3.63, 3.8) is 0 Å². The second kappa shape index (κ2) is 8.86. The summed E-state index contributed by atoms with van der Waals surface area (Å²) in [4.78, 5) is 19.0. The highest BCUT2D eigenvalue weighted by molar-refractivity contribution is 5.91. The van der Waals surface area contributed by atoms with Gasteiger partial charge in [-0.05, 0) is 37.1 Å². The number of nitrogens with one attached hydrogen (secondary N) is 1. The van der Waals surface area contributed by atoms with Gasteiger partial charge in [0.2, 0.25) is 11.7 Å². The molecule has 1 aromatic heterocycles. The summed E-state index contributed by atoms with van der Waals surface area (Å²) in [6.45, 7) is 1.23. The van der Waals surface area contributed by atoms with E-state index < -0.39 is 0 Å². The number of carbonyl (C=O) groups excluding carboxylic acids is 1. The van der Waals surface area contributed by atoms with E-state index in [1.54, 1.807) is 19.1 Å². The number of amides is 2. The Morgan fingerprint density at radius 3 is 2.67 bits per heavy atom. The second-order valence-electron chi connectivity index (χ2n) is 7.08. The lowest BCUT2D eigenvalue weighted by atomic mass is 9.97. The summed E-state index contributed by atoms with van der Waals surface area (Å²) in [7, 11) is 3.21. The number of benzene rings is 2. The van der Waals surface area contributed by atoms with Gasteiger partial charge in [0, 0.05) is 24.6 Å². The molecule has 2 amide bonds. The van der Waals surface area contributed by atoms with Crippen LogP contribution in [-0.2, 0) is 0 Å². The molecule has 1 aliphatic heterocycles. The van der Waals surface area contributed by atoms with Gasteiger partial charge in [0.05, 0.1) is 19.9 Å². The molecule has 0 atom stereocenters. The lowest BCUT2D eigenvalue weighted by molar-refractivity contribution is 0.187. The van der Waals surface area contributed by atoms with E-state index in [4.69, 9.17) is 14.0 Å². The van der Waals surface area contributed by atoms with Crippen LogP contribution in [0.5, 0.6) is 11.5 Å². The molecule has 1 N–H and O–H groups in total. The summed E-state index contributed by atoms with van der Waals surface area (Å²) in [5.41, 5.74) is 1.50. The number of anilines is 1. The number of piperidine rings is 1. The third-order valence-electron chi connectivity index (χ3n) is 5.25. The van der Waals surface area contributed by atoms with Crippen molar-refractivity contribution in [1.82, 2.24) is 15.0 Å². The largest absolute Gasteiger partial charge is 0.497 e. The zero-order valence-electron chi connectivity index (χ0n) is 17.0. The zero-order valence-corrected chi connectivity index (χ0v) is 17.0. The number of likely N-dealkylation sites (tertiary alicyclic amines) is 1. The van der Waals surface area contributed by atoms with E-state index >= 15 is 0 Å². The summed E-state index contributed by atoms with van der Waals surface area (Å²) in [6.07, 6.45) is 1.53. The first-order valence-electron chi connectivity index (χ1n) is 9.85. The minimum atomic E-state index is -0.138. The van der Waals surface area contributed by atoms with Crippen LogP contribution >= 0.6 is 0 Å². The lowest BCUT2D eigenvalue weighted by Crippen LogP contribution is -2.40. The average molecular weight is 408 g/mol. The highest BCUT2D eigenvalue weighted by Crippen LogP contribution is 2.30. The molecule has 156 valence electrons. The van der Waals surface area contributed by atoms with Crippen molar-refractivity contribution in [3.8, 4) is 22.9 Å². The number of ether oxygens (including phenoxy) is 2. The first-order chi connectivity index (χ1) is 14.7. The molecule has 0 unspecified atom stereocenters. The van der Waals surface area contributed by atoms with E-state index in [2.05, 4.69) is 15.5 Å². The summed E-state index contributed by atoms with van der Waals surface area (Å²) in [5.74, 6) is 2.66. The van der Waals surface area contributed by atoms with Crippen LogP contribution in [0.4, 0.5) is 10.5 Å². The standard InChI is InChI=1S/C22H24N4O4/c1-28-17-7-5-6-16(14-17)20-24-21(30-25-20)15-10-12-26(13-11-15)22(27)23-18-8-3-4-9-19(18)29-2/h3-9,14-15H,10-13H2,1-2H3,(H,23,27). The Balaban J connectivity index is 1.36. The summed E-state index contributed by atoms with van der Waals surface area (Å²) < 4.78 is 16.1. The first-order valence-corrected chi connectivity index (χ1v) is 9.85. The Kier molecular flexibility index (Phi) is 5.83. The predicted molar refractivity (Wildman–Crippen MR) is 112 cm³/mol. The van der Waals surface area contributed by atoms with Crippen LogP contribution in [0.1, 0.15) is 24.7 Å². The van der Waals surface area contributed by atoms with Crippen molar-refractivity contribution in [2.75, 3.05) is 32.6 Å². The molecule has 8 nitrogen and oxygen atoms in total. The van der Waals surface area contributed by atoms with Gasteiger partial charge in [0.15, 0.2) is 0 Å². The minimum Gasteiger partial charge on any atom is -0.497 e. The van der Waals surface area contributed by atoms with Gasteiger partial charge in [-0.25, -0.2) is 4.79 Å². The molecule has 30 heavy (non-hydrogen) atoms. The van der Waals surface area contributed by atoms with Crippen molar-refractivity contribution in [2.24, 2.45) is 0 Å². The van der Waals surface area contributed by atoms with Crippen molar-refractivity contribution < 1.29 is 18.8 Å². The van der Waals surface area contributed by atoms with Crippen LogP contribution in [0.3, 0.4) is 0 Å². The van der Waals surface area contributed by atoms with Crippen molar-refractivity contribution in [2.45, 2.75) is 18.8 Å². The SMILES string of the molecule is COc1cccc(-c2noc(C3CCN(C(=O)Nc4ccccc4OC)CC3)n2)c1. The summed E-state index contributed by atoms with van der Waals surface area (Å²) in [5, 5.41) is 7.04. The third kappa shape index (κ3) is 4.22. The Bertz CT molecular complexity index is 1010. The van der Waals surface area contributed by atoms with E-state index in [9.17, 15) is 4.79 Å². The fourth-order valence-electron chi connectivity index (χ4n) is 3.55. The number of nitrogens with zero attached hydrogens (tertiary/aromatic N) is 3. The van der Waals surface area contributed by atoms with Crippen molar-refractivity contribution in [3.05, 3.63) is 54.4 Å². The molecule has 1 fully saturated rings. The average Bonchev–Trinajstić information content (AvgIpc) is 3.30. The van der Waals surface area contributed by atoms with E-state index in [0.717, 1.165) is 24.2 Å². The molecule has 0 radical (unpaired) electrons. The zero-order chi connectivity index (χ0) is 20.9. The Morgan fingerprint density at radius 1 is 1.10 bits per heavy atom. The molecule has 2 heterocycles. The van der Waals surface area contributed by atoms with Crippen LogP contribution in [0, 0.1) is 0 Å². The Labute approximate surface area is 174 Å². The molecule has 3 aromatic rings. The summed E-state index contributed by atoms with van der Waals surface area (Å²) >= 11 is 0. The smallest absolute Gasteiger partial charge is 0.321 e. The van der Waals surface area contributed by atoms with Gasteiger partial charge in [-0.1, -0.05) is 29.4 Å². The maximum absolute atomic E-state index is 12.6. The van der Waals surface area contributed by atoms with E-state index in [1.807, 2.05) is 48.5 Å². The Hall–Kier alpha value is -3.55. The second-order valence-corrected chi connectivity index (χ2v) is 7.08. The molecule has 0 aliphatic carbocycles. The number of methoxy groups -OCH3 is 2. The van der Waals surface area contributed by atoms with Crippen LogP contribution in [0.25, 0.3) is 11.4 Å². The molecule has 2 aromatic carbocycles. The Morgan fingerprint density at radius 2 is 1.90 bits per heavy atom. The topological polar surface area (TPSA) is 89.7 Å². The molecule has 0 spiro atoms. The van der Waals surface area contributed by atoms with E-state index in [0.29, 0.717) is 36.2 Å². The van der Waals surface area contributed by atoms with Crippen molar-refractivity contribution >= 4 is 11.7 Å². The highest BCUT2D eigenvalue weighted by atomic mass is 16.5. The number of aromatic nitrogens is 2. The molecule has 4 rings (SSSR count). The maximum Gasteiger partial charge on any atom is 0.321 e. The van der Waals surface area contributed by atoms with Crippen LogP contribution in [0.15, 0.2) is 53.1 Å². The van der Waals surface area contributed by atoms with E-state index in [1.165, 1.54) is 0 Å². The number of hydrogen-bond acceptors (Lipinski definition) is 6. The lowest BCUT2D eigenvalue weighted by Gasteiger charge is -2.30. The fraction of sp³-hybridized carbons (Fsp3) is 0.318. The molecule has 1 aliphatic rings. The van der Waals surface area contributed by atoms with Gasteiger partial charge in [-0.15, -0.1) is 0 Å². The molecular formula is C22H24N4O4. The number of para-hydroxylation sites is 2. The van der Waals surface area contributed by atoms with Crippen LogP contribution in [-0.4, -0.2) is 48.4 Å². The number of hydrogen-bond donors (Lipinski definition) is 1. The molecule has 1 saturated heterocycles. The normalized spacial score (nSPS) is 14.4. The summed E-state index contributed by atoms with van der Waals surface area (Å²) in [6, 6.07) is 14.8. The molecular weight excluding hydrogens is 384 g/mol. The van der Waals surface area contributed by atoms with Gasteiger partial charge >= 0.3 is 6.03 Å². The van der Waals surface area contributed by atoms with Crippen molar-refractivity contribution in [1.29, 1.82) is 0 Å². The van der Waals surface area contributed by atoms with Crippen LogP contribution < -0.4 is 14.8 Å². The first kappa shape index (κ1) is 19.8. The van der Waals surface area contributed by atoms with Gasteiger partial charge < -0.3 is 24.2 Å². The monoisotopic (exact) mass is 408 g/mol. The van der Waals surface area contributed by atoms with Gasteiger partial charge in [-0.3, -0.25) is 0 Å². The molecule has 0 bridgehead atoms. The van der Waals surface area contributed by atoms with Gasteiger partial charge in [-0.2, -0.15) is 4.98 Å². The van der Waals surface area contributed by atoms with Gasteiger partial charge in [0.1, 0.15) is 11.5 Å². The maximum atomic E-state index is 12.6. The fourth-order valence-corrected chi connectivity index (χ4v) is 3.55. The van der Waals surface area contributed by atoms with Gasteiger partial charge in [0.25, 0.3) is 0 Å². The number of urea groups is 1. The van der Waals surface area contributed by atoms with Crippen LogP contribution in [0.2, 0.25) is 0 Å². The third-order valence-corrected chi connectivity index (χ3v) is 5.25. The number of rotatable bonds is 5. The van der Waals surface area contributed by atoms with E-state index in [-0.39, 0.29) is 11.9 Å². The minimum absolute atomic E-state index is 0.132. The molecule has 0 saturated carbocycles. The predicted octanol–water partition coefficient (Wildman–Crippen LogP) is 4.17. The quantitative estimate of drug-likeness (QED) is 0.682. The number of carbonyl (C=O) groups is 1.